The average molecular weight is 456 g/mol. The van der Waals surface area contributed by atoms with E-state index in [1.807, 2.05) is 18.2 Å². The first kappa shape index (κ1) is 16.3. The van der Waals surface area contributed by atoms with Crippen LogP contribution in [0.2, 0.25) is 0 Å². The van der Waals surface area contributed by atoms with E-state index < -0.39 is 0 Å². The lowest BCUT2D eigenvalue weighted by Gasteiger charge is -2.28. The first-order valence-electron chi connectivity index (χ1n) is 7.97. The van der Waals surface area contributed by atoms with Gasteiger partial charge >= 0.3 is 0 Å². The quantitative estimate of drug-likeness (QED) is 0.562. The molecule has 1 aromatic rings. The van der Waals surface area contributed by atoms with Crippen LogP contribution in [0.1, 0.15) is 6.42 Å². The summed E-state index contributed by atoms with van der Waals surface area (Å²) in [6, 6.07) is 9.02. The van der Waals surface area contributed by atoms with E-state index in [9.17, 15) is 14.4 Å². The standard InChI is InChI=1S/C17H16Br2N2O3/c18-14-9-6-10(15(14)19)13-12(9)16(23)21(17(13)24)7-11(22)20-8-4-2-1-3-5-8/h1-5,9-10,12-15H,6-7H2,(H,20,22)/t9-,10-,12-,13-,14-,15+/m0/s1. The molecule has 0 unspecified atom stereocenters. The number of carbonyl (C=O) groups is 3. The highest BCUT2D eigenvalue weighted by atomic mass is 79.9. The number of alkyl halides is 2. The highest BCUT2D eigenvalue weighted by Gasteiger charge is 2.66. The molecule has 1 saturated heterocycles. The number of benzene rings is 1. The molecule has 2 aliphatic carbocycles. The Hall–Kier alpha value is -1.21. The lowest BCUT2D eigenvalue weighted by molar-refractivity contribution is -0.143. The SMILES string of the molecule is O=C(CN1C(=O)[C@H]2[C@@H]3C[C@H]([C@@H](Br)[C@H]3Br)[C@@H]2C1=O)Nc1ccccc1. The molecule has 3 fully saturated rings. The number of nitrogens with zero attached hydrogens (tertiary/aromatic N) is 1. The van der Waals surface area contributed by atoms with E-state index in [-0.39, 0.29) is 57.6 Å². The summed E-state index contributed by atoms with van der Waals surface area (Å²) in [6.07, 6.45) is 0.892. The second-order valence-corrected chi connectivity index (χ2v) is 8.80. The topological polar surface area (TPSA) is 66.5 Å². The van der Waals surface area contributed by atoms with Crippen molar-refractivity contribution in [2.75, 3.05) is 11.9 Å². The van der Waals surface area contributed by atoms with Crippen LogP contribution in [0, 0.1) is 23.7 Å². The summed E-state index contributed by atoms with van der Waals surface area (Å²) >= 11 is 7.30. The number of nitrogens with one attached hydrogen (secondary N) is 1. The number of para-hydroxylation sites is 1. The number of hydrogen-bond acceptors (Lipinski definition) is 3. The maximum atomic E-state index is 12.7. The number of halogens is 2. The molecule has 3 aliphatic rings. The van der Waals surface area contributed by atoms with Crippen LogP contribution in [-0.4, -0.2) is 38.8 Å². The Morgan fingerprint density at radius 2 is 1.58 bits per heavy atom. The number of likely N-dealkylation sites (tertiary alicyclic amines) is 1. The van der Waals surface area contributed by atoms with E-state index in [4.69, 9.17) is 0 Å². The lowest BCUT2D eigenvalue weighted by Crippen LogP contribution is -2.39. The summed E-state index contributed by atoms with van der Waals surface area (Å²) in [4.78, 5) is 39.2. The zero-order valence-corrected chi connectivity index (χ0v) is 15.9. The van der Waals surface area contributed by atoms with Crippen molar-refractivity contribution in [2.45, 2.75) is 16.1 Å². The number of fused-ring (bicyclic) bond motifs is 5. The van der Waals surface area contributed by atoms with E-state index in [0.29, 0.717) is 5.69 Å². The largest absolute Gasteiger partial charge is 0.325 e. The second kappa shape index (κ2) is 5.95. The fraction of sp³-hybridized carbons (Fsp3) is 0.471. The van der Waals surface area contributed by atoms with E-state index in [1.54, 1.807) is 12.1 Å². The van der Waals surface area contributed by atoms with Crippen molar-refractivity contribution in [3.05, 3.63) is 30.3 Å². The normalized spacial score (nSPS) is 37.0. The maximum absolute atomic E-state index is 12.7. The summed E-state index contributed by atoms with van der Waals surface area (Å²) < 4.78 is 0. The highest BCUT2D eigenvalue weighted by Crippen LogP contribution is 2.60. The molecule has 3 amide bonds. The highest BCUT2D eigenvalue weighted by molar-refractivity contribution is 9.12. The fourth-order valence-electron chi connectivity index (χ4n) is 4.43. The Bertz CT molecular complexity index is 679. The number of anilines is 1. The third-order valence-electron chi connectivity index (χ3n) is 5.44. The van der Waals surface area contributed by atoms with E-state index in [2.05, 4.69) is 37.2 Å². The third kappa shape index (κ3) is 2.36. The lowest BCUT2D eigenvalue weighted by atomic mass is 9.81. The van der Waals surface area contributed by atoms with Crippen LogP contribution in [0.15, 0.2) is 30.3 Å². The van der Waals surface area contributed by atoms with Gasteiger partial charge in [-0.1, -0.05) is 50.1 Å². The predicted octanol–water partition coefficient (Wildman–Crippen LogP) is 2.40. The Morgan fingerprint density at radius 3 is 2.12 bits per heavy atom. The molecule has 5 nitrogen and oxygen atoms in total. The van der Waals surface area contributed by atoms with Crippen LogP contribution in [-0.2, 0) is 14.4 Å². The molecule has 0 radical (unpaired) electrons. The number of amides is 3. The van der Waals surface area contributed by atoms with Crippen molar-refractivity contribution in [3.63, 3.8) is 0 Å². The third-order valence-corrected chi connectivity index (χ3v) is 8.64. The Morgan fingerprint density at radius 1 is 1.04 bits per heavy atom. The van der Waals surface area contributed by atoms with Gasteiger partial charge in [0.1, 0.15) is 6.54 Å². The van der Waals surface area contributed by atoms with Crippen molar-refractivity contribution < 1.29 is 14.4 Å². The number of imide groups is 1. The maximum Gasteiger partial charge on any atom is 0.244 e. The van der Waals surface area contributed by atoms with E-state index in [1.165, 1.54) is 0 Å². The van der Waals surface area contributed by atoms with Gasteiger partial charge in [-0.2, -0.15) is 0 Å². The van der Waals surface area contributed by atoms with Crippen molar-refractivity contribution in [2.24, 2.45) is 23.7 Å². The molecule has 4 rings (SSSR count). The first-order chi connectivity index (χ1) is 11.5. The van der Waals surface area contributed by atoms with Gasteiger partial charge in [-0.3, -0.25) is 19.3 Å². The molecule has 1 N–H and O–H groups in total. The Balaban J connectivity index is 1.49. The molecular formula is C17H16Br2N2O3. The minimum atomic E-state index is -0.346. The first-order valence-corrected chi connectivity index (χ1v) is 9.80. The van der Waals surface area contributed by atoms with Crippen LogP contribution < -0.4 is 5.32 Å². The van der Waals surface area contributed by atoms with Gasteiger partial charge in [0, 0.05) is 15.3 Å². The predicted molar refractivity (Wildman–Crippen MR) is 95.8 cm³/mol. The van der Waals surface area contributed by atoms with Gasteiger partial charge in [0.25, 0.3) is 0 Å². The minimum absolute atomic E-state index is 0.169. The molecule has 2 saturated carbocycles. The zero-order valence-electron chi connectivity index (χ0n) is 12.7. The number of rotatable bonds is 3. The van der Waals surface area contributed by atoms with Gasteiger partial charge in [0.05, 0.1) is 11.8 Å². The van der Waals surface area contributed by atoms with Gasteiger partial charge in [-0.15, -0.1) is 0 Å². The smallest absolute Gasteiger partial charge is 0.244 e. The zero-order chi connectivity index (χ0) is 17.0. The molecule has 7 heteroatoms. The molecule has 1 aromatic carbocycles. The molecule has 0 spiro atoms. The molecule has 1 aliphatic heterocycles. The van der Waals surface area contributed by atoms with E-state index >= 15 is 0 Å². The van der Waals surface area contributed by atoms with Gasteiger partial charge in [-0.05, 0) is 30.4 Å². The van der Waals surface area contributed by atoms with Crippen molar-refractivity contribution in [1.82, 2.24) is 4.90 Å². The van der Waals surface area contributed by atoms with Gasteiger partial charge in [0.2, 0.25) is 17.7 Å². The van der Waals surface area contributed by atoms with Crippen molar-refractivity contribution >= 4 is 55.3 Å². The molecular weight excluding hydrogens is 440 g/mol. The number of carbonyl (C=O) groups excluding carboxylic acids is 3. The Labute approximate surface area is 156 Å². The molecule has 0 aromatic heterocycles. The molecule has 1 heterocycles. The molecule has 6 atom stereocenters. The van der Waals surface area contributed by atoms with Crippen molar-refractivity contribution in [3.8, 4) is 0 Å². The monoisotopic (exact) mass is 454 g/mol. The fourth-order valence-corrected chi connectivity index (χ4v) is 6.31. The minimum Gasteiger partial charge on any atom is -0.325 e. The number of hydrogen-bond donors (Lipinski definition) is 1. The molecule has 24 heavy (non-hydrogen) atoms. The van der Waals surface area contributed by atoms with Crippen LogP contribution >= 0.6 is 31.9 Å². The summed E-state index contributed by atoms with van der Waals surface area (Å²) in [5, 5.41) is 2.73. The van der Waals surface area contributed by atoms with Crippen LogP contribution in [0.5, 0.6) is 0 Å². The summed E-state index contributed by atoms with van der Waals surface area (Å²) in [5.41, 5.74) is 0.655. The molecule has 2 bridgehead atoms. The van der Waals surface area contributed by atoms with Crippen molar-refractivity contribution in [1.29, 1.82) is 0 Å². The second-order valence-electron chi connectivity index (χ2n) is 6.68. The van der Waals surface area contributed by atoms with Gasteiger partial charge in [0.15, 0.2) is 0 Å². The van der Waals surface area contributed by atoms with Crippen LogP contribution in [0.4, 0.5) is 5.69 Å². The van der Waals surface area contributed by atoms with Gasteiger partial charge < -0.3 is 5.32 Å². The van der Waals surface area contributed by atoms with E-state index in [0.717, 1.165) is 11.3 Å². The van der Waals surface area contributed by atoms with Gasteiger partial charge in [-0.25, -0.2) is 0 Å². The summed E-state index contributed by atoms with van der Waals surface area (Å²) in [6.45, 7) is -0.209. The van der Waals surface area contributed by atoms with Crippen LogP contribution in [0.3, 0.4) is 0 Å². The van der Waals surface area contributed by atoms with Crippen LogP contribution in [0.25, 0.3) is 0 Å². The summed E-state index contributed by atoms with van der Waals surface area (Å²) in [5.74, 6) is -0.934. The average Bonchev–Trinajstić information content (AvgIpc) is 3.16. The Kier molecular flexibility index (Phi) is 4.03. The summed E-state index contributed by atoms with van der Waals surface area (Å²) in [7, 11) is 0. The molecule has 126 valence electrons.